The molecule has 0 aliphatic carbocycles. The first-order valence-electron chi connectivity index (χ1n) is 10.2. The van der Waals surface area contributed by atoms with Crippen molar-refractivity contribution >= 4 is 28.1 Å². The number of hydrogen-bond acceptors (Lipinski definition) is 8. The summed E-state index contributed by atoms with van der Waals surface area (Å²) in [6.07, 6.45) is 1.53. The van der Waals surface area contributed by atoms with Crippen LogP contribution in [-0.2, 0) is 19.6 Å². The van der Waals surface area contributed by atoms with Crippen LogP contribution in [0.4, 0.5) is 0 Å². The smallest absolute Gasteiger partial charge is 0.363 e. The van der Waals surface area contributed by atoms with E-state index in [1.165, 1.54) is 50.6 Å². The zero-order valence-corrected chi connectivity index (χ0v) is 19.5. The highest BCUT2D eigenvalue weighted by Gasteiger charge is 2.25. The molecule has 34 heavy (non-hydrogen) atoms. The van der Waals surface area contributed by atoms with E-state index in [0.29, 0.717) is 11.3 Å². The minimum Gasteiger partial charge on any atom is -0.497 e. The van der Waals surface area contributed by atoms with E-state index in [1.54, 1.807) is 12.1 Å². The maximum Gasteiger partial charge on any atom is 0.363 e. The molecule has 0 aromatic heterocycles. The van der Waals surface area contributed by atoms with Crippen LogP contribution < -0.4 is 13.7 Å². The second-order valence-electron chi connectivity index (χ2n) is 7.27. The lowest BCUT2D eigenvalue weighted by atomic mass is 10.1. The molecule has 3 aromatic carbocycles. The molecular weight excluding hydrogens is 458 g/mol. The van der Waals surface area contributed by atoms with Crippen molar-refractivity contribution in [3.8, 4) is 17.2 Å². The predicted octanol–water partition coefficient (Wildman–Crippen LogP) is 4.12. The number of esters is 1. The molecule has 0 spiro atoms. The van der Waals surface area contributed by atoms with Crippen molar-refractivity contribution in [3.63, 3.8) is 0 Å². The van der Waals surface area contributed by atoms with Crippen molar-refractivity contribution in [1.29, 1.82) is 0 Å². The summed E-state index contributed by atoms with van der Waals surface area (Å²) in [4.78, 5) is 16.6. The van der Waals surface area contributed by atoms with Crippen LogP contribution in [0.3, 0.4) is 0 Å². The third-order valence-electron chi connectivity index (χ3n) is 5.03. The fourth-order valence-corrected chi connectivity index (χ4v) is 4.19. The Hall–Kier alpha value is -4.11. The number of benzene rings is 3. The molecule has 0 radical (unpaired) electrons. The summed E-state index contributed by atoms with van der Waals surface area (Å²) in [6.45, 7) is 1.90. The molecule has 4 rings (SSSR count). The van der Waals surface area contributed by atoms with Gasteiger partial charge in [-0.3, -0.25) is 0 Å². The van der Waals surface area contributed by atoms with Crippen molar-refractivity contribution in [3.05, 3.63) is 89.1 Å². The number of rotatable bonds is 7. The van der Waals surface area contributed by atoms with E-state index in [1.807, 2.05) is 31.2 Å². The summed E-state index contributed by atoms with van der Waals surface area (Å²) < 4.78 is 46.3. The summed E-state index contributed by atoms with van der Waals surface area (Å²) in [6, 6.07) is 17.8. The van der Waals surface area contributed by atoms with Crippen LogP contribution >= 0.6 is 0 Å². The highest BCUT2D eigenvalue weighted by atomic mass is 32.2. The minimum atomic E-state index is -4.10. The lowest BCUT2D eigenvalue weighted by molar-refractivity contribution is -0.129. The number of carbonyl (C=O) groups is 1. The van der Waals surface area contributed by atoms with Crippen LogP contribution in [-0.4, -0.2) is 34.5 Å². The Morgan fingerprint density at radius 1 is 0.912 bits per heavy atom. The van der Waals surface area contributed by atoms with Gasteiger partial charge in [0.1, 0.15) is 10.6 Å². The summed E-state index contributed by atoms with van der Waals surface area (Å²) in [5.41, 5.74) is 2.31. The lowest BCUT2D eigenvalue weighted by Crippen LogP contribution is -2.10. The normalized spacial score (nSPS) is 14.5. The van der Waals surface area contributed by atoms with Crippen molar-refractivity contribution in [2.24, 2.45) is 4.99 Å². The molecule has 8 nitrogen and oxygen atoms in total. The molecule has 3 aromatic rings. The largest absolute Gasteiger partial charge is 0.497 e. The highest BCUT2D eigenvalue weighted by Crippen LogP contribution is 2.32. The SMILES string of the molecule is COc1ccc(S(=O)(=O)Oc2ccc(/C=C3/N=C(c4ccccc4C)OC3=O)cc2OC)cc1. The zero-order valence-electron chi connectivity index (χ0n) is 18.6. The van der Waals surface area contributed by atoms with Gasteiger partial charge in [0.05, 0.1) is 14.2 Å². The highest BCUT2D eigenvalue weighted by molar-refractivity contribution is 7.87. The fourth-order valence-electron chi connectivity index (χ4n) is 3.25. The van der Waals surface area contributed by atoms with E-state index in [4.69, 9.17) is 18.4 Å². The maximum atomic E-state index is 12.7. The van der Waals surface area contributed by atoms with Gasteiger partial charge in [0.15, 0.2) is 17.2 Å². The number of carbonyl (C=O) groups excluding carboxylic acids is 1. The lowest BCUT2D eigenvalue weighted by Gasteiger charge is -2.11. The van der Waals surface area contributed by atoms with E-state index < -0.39 is 16.1 Å². The molecule has 1 aliphatic heterocycles. The van der Waals surface area contributed by atoms with E-state index in [2.05, 4.69) is 4.99 Å². The van der Waals surface area contributed by atoms with Gasteiger partial charge in [-0.1, -0.05) is 24.3 Å². The molecule has 0 atom stereocenters. The second-order valence-corrected chi connectivity index (χ2v) is 8.82. The number of ether oxygens (including phenoxy) is 3. The first kappa shape index (κ1) is 23.1. The summed E-state index contributed by atoms with van der Waals surface area (Å²) in [7, 11) is -1.23. The van der Waals surface area contributed by atoms with Crippen LogP contribution in [0.15, 0.2) is 82.3 Å². The topological polar surface area (TPSA) is 100 Å². The van der Waals surface area contributed by atoms with E-state index in [9.17, 15) is 13.2 Å². The van der Waals surface area contributed by atoms with Gasteiger partial charge in [-0.2, -0.15) is 8.42 Å². The molecule has 0 fully saturated rings. The number of cyclic esters (lactones) is 1. The summed E-state index contributed by atoms with van der Waals surface area (Å²) >= 11 is 0. The first-order chi connectivity index (χ1) is 16.3. The molecule has 1 heterocycles. The van der Waals surface area contributed by atoms with Crippen LogP contribution in [0.1, 0.15) is 16.7 Å². The Morgan fingerprint density at radius 3 is 2.32 bits per heavy atom. The van der Waals surface area contributed by atoms with Gasteiger partial charge in [-0.25, -0.2) is 9.79 Å². The molecule has 174 valence electrons. The van der Waals surface area contributed by atoms with Gasteiger partial charge in [-0.05, 0) is 66.6 Å². The molecule has 0 amide bonds. The van der Waals surface area contributed by atoms with E-state index in [-0.39, 0.29) is 28.0 Å². The Morgan fingerprint density at radius 2 is 1.65 bits per heavy atom. The third-order valence-corrected chi connectivity index (χ3v) is 6.28. The van der Waals surface area contributed by atoms with Crippen LogP contribution in [0.25, 0.3) is 6.08 Å². The molecule has 0 saturated heterocycles. The standard InChI is InChI=1S/C25H21NO7S/c1-16-6-4-5-7-20(16)24-26-21(25(27)32-24)14-17-8-13-22(23(15-17)31-3)33-34(28,29)19-11-9-18(30-2)10-12-19/h4-15H,1-3H3/b21-14+. The van der Waals surface area contributed by atoms with Gasteiger partial charge < -0.3 is 18.4 Å². The van der Waals surface area contributed by atoms with Crippen molar-refractivity contribution in [1.82, 2.24) is 0 Å². The molecule has 1 aliphatic rings. The monoisotopic (exact) mass is 479 g/mol. The van der Waals surface area contributed by atoms with Gasteiger partial charge in [-0.15, -0.1) is 0 Å². The predicted molar refractivity (Wildman–Crippen MR) is 126 cm³/mol. The van der Waals surface area contributed by atoms with Crippen molar-refractivity contribution in [2.75, 3.05) is 14.2 Å². The zero-order chi connectivity index (χ0) is 24.3. The molecule has 0 saturated carbocycles. The van der Waals surface area contributed by atoms with Gasteiger partial charge in [0.25, 0.3) is 0 Å². The van der Waals surface area contributed by atoms with Gasteiger partial charge >= 0.3 is 16.1 Å². The molecular formula is C25H21NO7S. The maximum absolute atomic E-state index is 12.7. The van der Waals surface area contributed by atoms with Gasteiger partial charge in [0.2, 0.25) is 5.90 Å². The minimum absolute atomic E-state index is 0.00133. The van der Waals surface area contributed by atoms with Gasteiger partial charge in [0, 0.05) is 5.56 Å². The average Bonchev–Trinajstić information content (AvgIpc) is 3.19. The van der Waals surface area contributed by atoms with E-state index >= 15 is 0 Å². The Kier molecular flexibility index (Phi) is 6.38. The average molecular weight is 480 g/mol. The third kappa shape index (κ3) is 4.79. The number of hydrogen-bond donors (Lipinski definition) is 0. The van der Waals surface area contributed by atoms with Crippen LogP contribution in [0.2, 0.25) is 0 Å². The summed E-state index contributed by atoms with van der Waals surface area (Å²) in [5, 5.41) is 0. The number of nitrogens with zero attached hydrogens (tertiary/aromatic N) is 1. The molecule has 0 unspecified atom stereocenters. The molecule has 9 heteroatoms. The van der Waals surface area contributed by atoms with Crippen LogP contribution in [0.5, 0.6) is 17.2 Å². The second kappa shape index (κ2) is 9.40. The Bertz CT molecular complexity index is 1410. The van der Waals surface area contributed by atoms with Crippen LogP contribution in [0, 0.1) is 6.92 Å². The van der Waals surface area contributed by atoms with Crippen molar-refractivity contribution in [2.45, 2.75) is 11.8 Å². The number of methoxy groups -OCH3 is 2. The first-order valence-corrected chi connectivity index (χ1v) is 11.6. The molecule has 0 bridgehead atoms. The Labute approximate surface area is 197 Å². The molecule has 0 N–H and O–H groups in total. The van der Waals surface area contributed by atoms with Crippen molar-refractivity contribution < 1.29 is 31.6 Å². The number of aryl methyl sites for hydroxylation is 1. The quantitative estimate of drug-likeness (QED) is 0.285. The van der Waals surface area contributed by atoms with E-state index in [0.717, 1.165) is 11.1 Å². The number of aliphatic imine (C=N–C) groups is 1. The Balaban J connectivity index is 1.60. The fraction of sp³-hybridized carbons (Fsp3) is 0.120. The summed E-state index contributed by atoms with van der Waals surface area (Å²) in [5.74, 6) is 0.332.